The summed E-state index contributed by atoms with van der Waals surface area (Å²) in [5.41, 5.74) is 1.81. The highest BCUT2D eigenvalue weighted by Crippen LogP contribution is 2.27. The maximum Gasteiger partial charge on any atom is 0.233 e. The smallest absolute Gasteiger partial charge is 0.233 e. The van der Waals surface area contributed by atoms with Crippen molar-refractivity contribution >= 4 is 0 Å². The first kappa shape index (κ1) is 14.3. The number of aliphatic hydroxyl groups is 1. The first-order valence-corrected chi connectivity index (χ1v) is 6.64. The normalized spacial score (nSPS) is 10.9. The van der Waals surface area contributed by atoms with Crippen molar-refractivity contribution in [3.63, 3.8) is 0 Å². The summed E-state index contributed by atoms with van der Waals surface area (Å²) in [6.07, 6.45) is 1.76. The SMILES string of the molecule is Cn1ccc(OCc2c(-c3ccc(F)cc3)noc2CO)n1. The van der Waals surface area contributed by atoms with Crippen LogP contribution >= 0.6 is 0 Å². The highest BCUT2D eigenvalue weighted by Gasteiger charge is 2.18. The molecule has 0 atom stereocenters. The topological polar surface area (TPSA) is 73.3 Å². The molecule has 114 valence electrons. The van der Waals surface area contributed by atoms with Gasteiger partial charge in [-0.1, -0.05) is 5.16 Å². The molecular weight excluding hydrogens is 289 g/mol. The molecule has 0 radical (unpaired) electrons. The minimum atomic E-state index is -0.332. The predicted octanol–water partition coefficient (Wildman–Crippen LogP) is 2.29. The molecule has 7 heteroatoms. The van der Waals surface area contributed by atoms with Crippen molar-refractivity contribution in [2.24, 2.45) is 7.05 Å². The van der Waals surface area contributed by atoms with Gasteiger partial charge in [0, 0.05) is 24.9 Å². The monoisotopic (exact) mass is 303 g/mol. The maximum absolute atomic E-state index is 13.0. The third-order valence-electron chi connectivity index (χ3n) is 3.18. The van der Waals surface area contributed by atoms with E-state index in [-0.39, 0.29) is 19.0 Å². The van der Waals surface area contributed by atoms with Crippen molar-refractivity contribution in [3.8, 4) is 17.1 Å². The number of aliphatic hydroxyl groups excluding tert-OH is 1. The van der Waals surface area contributed by atoms with Crippen LogP contribution in [0.3, 0.4) is 0 Å². The number of nitrogens with zero attached hydrogens (tertiary/aromatic N) is 3. The van der Waals surface area contributed by atoms with Gasteiger partial charge >= 0.3 is 0 Å². The molecule has 3 rings (SSSR count). The van der Waals surface area contributed by atoms with Gasteiger partial charge in [0.15, 0.2) is 5.76 Å². The van der Waals surface area contributed by atoms with Gasteiger partial charge in [0.05, 0.1) is 5.56 Å². The molecule has 0 unspecified atom stereocenters. The summed E-state index contributed by atoms with van der Waals surface area (Å²) in [6.45, 7) is -0.155. The summed E-state index contributed by atoms with van der Waals surface area (Å²) in [4.78, 5) is 0. The molecule has 0 bridgehead atoms. The van der Waals surface area contributed by atoms with E-state index >= 15 is 0 Å². The molecule has 2 aromatic heterocycles. The molecule has 0 saturated carbocycles. The van der Waals surface area contributed by atoms with Gasteiger partial charge in [0.2, 0.25) is 5.88 Å². The van der Waals surface area contributed by atoms with Gasteiger partial charge in [0.1, 0.15) is 24.7 Å². The van der Waals surface area contributed by atoms with E-state index in [0.29, 0.717) is 28.5 Å². The van der Waals surface area contributed by atoms with Crippen molar-refractivity contribution in [3.05, 3.63) is 53.7 Å². The van der Waals surface area contributed by atoms with Crippen molar-refractivity contribution in [1.29, 1.82) is 0 Å². The molecule has 0 aliphatic heterocycles. The Bertz CT molecular complexity index is 765. The fourth-order valence-corrected chi connectivity index (χ4v) is 2.07. The van der Waals surface area contributed by atoms with E-state index in [2.05, 4.69) is 10.3 Å². The van der Waals surface area contributed by atoms with Gasteiger partial charge in [-0.2, -0.15) is 0 Å². The summed E-state index contributed by atoms with van der Waals surface area (Å²) in [7, 11) is 1.79. The number of aryl methyl sites for hydroxylation is 1. The second kappa shape index (κ2) is 5.98. The van der Waals surface area contributed by atoms with Crippen LogP contribution in [0.5, 0.6) is 5.88 Å². The third kappa shape index (κ3) is 2.84. The number of aromatic nitrogens is 3. The molecule has 1 N–H and O–H groups in total. The Morgan fingerprint density at radius 1 is 1.27 bits per heavy atom. The van der Waals surface area contributed by atoms with Gasteiger partial charge in [0.25, 0.3) is 0 Å². The van der Waals surface area contributed by atoms with E-state index in [4.69, 9.17) is 9.26 Å². The summed E-state index contributed by atoms with van der Waals surface area (Å²) in [6, 6.07) is 7.60. The zero-order valence-corrected chi connectivity index (χ0v) is 11.9. The minimum absolute atomic E-state index is 0.142. The Kier molecular flexibility index (Phi) is 3.88. The van der Waals surface area contributed by atoms with Crippen molar-refractivity contribution in [2.75, 3.05) is 0 Å². The Balaban J connectivity index is 1.88. The van der Waals surface area contributed by atoms with E-state index in [0.717, 1.165) is 0 Å². The number of halogens is 1. The quantitative estimate of drug-likeness (QED) is 0.783. The summed E-state index contributed by atoms with van der Waals surface area (Å²) >= 11 is 0. The fraction of sp³-hybridized carbons (Fsp3) is 0.200. The van der Waals surface area contributed by atoms with Crippen LogP contribution in [0, 0.1) is 5.82 Å². The van der Waals surface area contributed by atoms with Gasteiger partial charge in [-0.05, 0) is 24.3 Å². The Labute approximate surface area is 125 Å². The Morgan fingerprint density at radius 2 is 2.05 bits per heavy atom. The lowest BCUT2D eigenvalue weighted by atomic mass is 10.1. The third-order valence-corrected chi connectivity index (χ3v) is 3.18. The van der Waals surface area contributed by atoms with Crippen LogP contribution in [0.4, 0.5) is 4.39 Å². The number of rotatable bonds is 5. The summed E-state index contributed by atoms with van der Waals surface area (Å²) in [5, 5.41) is 17.4. The average Bonchev–Trinajstić information content (AvgIpc) is 3.11. The molecule has 0 amide bonds. The summed E-state index contributed by atoms with van der Waals surface area (Å²) in [5.74, 6) is 0.439. The fourth-order valence-electron chi connectivity index (χ4n) is 2.07. The lowest BCUT2D eigenvalue weighted by molar-refractivity contribution is 0.220. The van der Waals surface area contributed by atoms with Gasteiger partial charge in [-0.25, -0.2) is 4.39 Å². The lowest BCUT2D eigenvalue weighted by Gasteiger charge is -2.04. The van der Waals surface area contributed by atoms with Crippen LogP contribution in [0.1, 0.15) is 11.3 Å². The zero-order chi connectivity index (χ0) is 15.5. The standard InChI is InChI=1S/C15H14FN3O3/c1-19-7-6-14(17-19)21-9-12-13(8-20)22-18-15(12)10-2-4-11(16)5-3-10/h2-7,20H,8-9H2,1H3. The second-order valence-electron chi connectivity index (χ2n) is 4.71. The molecule has 22 heavy (non-hydrogen) atoms. The lowest BCUT2D eigenvalue weighted by Crippen LogP contribution is -2.01. The van der Waals surface area contributed by atoms with Crippen molar-refractivity contribution < 1.29 is 18.8 Å². The second-order valence-corrected chi connectivity index (χ2v) is 4.71. The largest absolute Gasteiger partial charge is 0.472 e. The minimum Gasteiger partial charge on any atom is -0.472 e. The van der Waals surface area contributed by atoms with Crippen LogP contribution in [-0.2, 0) is 20.3 Å². The molecule has 6 nitrogen and oxygen atoms in total. The van der Waals surface area contributed by atoms with E-state index < -0.39 is 0 Å². The van der Waals surface area contributed by atoms with E-state index in [9.17, 15) is 9.50 Å². The maximum atomic E-state index is 13.0. The van der Waals surface area contributed by atoms with Crippen LogP contribution in [0.15, 0.2) is 41.1 Å². The molecule has 0 aliphatic carbocycles. The molecule has 0 saturated heterocycles. The average molecular weight is 303 g/mol. The summed E-state index contributed by atoms with van der Waals surface area (Å²) < 4.78 is 25.4. The Hall–Kier alpha value is -2.67. The van der Waals surface area contributed by atoms with E-state index in [1.165, 1.54) is 12.1 Å². The Morgan fingerprint density at radius 3 is 2.68 bits per heavy atom. The van der Waals surface area contributed by atoms with Crippen LogP contribution < -0.4 is 4.74 Å². The first-order chi connectivity index (χ1) is 10.7. The molecule has 0 fully saturated rings. The zero-order valence-electron chi connectivity index (χ0n) is 11.9. The number of benzene rings is 1. The molecule has 0 aliphatic rings. The van der Waals surface area contributed by atoms with E-state index in [1.807, 2.05) is 0 Å². The highest BCUT2D eigenvalue weighted by atomic mass is 19.1. The molecule has 3 aromatic rings. The first-order valence-electron chi connectivity index (χ1n) is 6.64. The molecular formula is C15H14FN3O3. The molecule has 0 spiro atoms. The van der Waals surface area contributed by atoms with Crippen molar-refractivity contribution in [2.45, 2.75) is 13.2 Å². The van der Waals surface area contributed by atoms with Crippen LogP contribution in [-0.4, -0.2) is 20.0 Å². The number of hydrogen-bond acceptors (Lipinski definition) is 5. The van der Waals surface area contributed by atoms with E-state index in [1.54, 1.807) is 36.1 Å². The number of hydrogen-bond donors (Lipinski definition) is 1. The molecule has 1 aromatic carbocycles. The van der Waals surface area contributed by atoms with Crippen molar-refractivity contribution in [1.82, 2.24) is 14.9 Å². The van der Waals surface area contributed by atoms with Crippen LogP contribution in [0.25, 0.3) is 11.3 Å². The van der Waals surface area contributed by atoms with Gasteiger partial charge in [-0.15, -0.1) is 5.10 Å². The van der Waals surface area contributed by atoms with Crippen LogP contribution in [0.2, 0.25) is 0 Å². The van der Waals surface area contributed by atoms with Gasteiger partial charge in [-0.3, -0.25) is 4.68 Å². The predicted molar refractivity (Wildman–Crippen MR) is 75.4 cm³/mol. The van der Waals surface area contributed by atoms with Gasteiger partial charge < -0.3 is 14.4 Å². The highest BCUT2D eigenvalue weighted by molar-refractivity contribution is 5.63. The molecule has 2 heterocycles. The number of ether oxygens (including phenoxy) is 1.